The Kier molecular flexibility index (Phi) is 1.34. The molecule has 0 aromatic rings. The Morgan fingerprint density at radius 2 is 1.75 bits per heavy atom. The zero-order valence-electron chi connectivity index (χ0n) is 5.17. The van der Waals surface area contributed by atoms with E-state index in [1.807, 2.05) is 22.6 Å². The van der Waals surface area contributed by atoms with Crippen molar-refractivity contribution in [1.29, 1.82) is 0 Å². The van der Waals surface area contributed by atoms with Crippen molar-refractivity contribution in [3.63, 3.8) is 0 Å². The predicted octanol–water partition coefficient (Wildman–Crippen LogP) is 2.91. The Morgan fingerprint density at radius 1 is 1.38 bits per heavy atom. The van der Waals surface area contributed by atoms with Crippen LogP contribution in [0.3, 0.4) is 0 Å². The summed E-state index contributed by atoms with van der Waals surface area (Å²) < 4.78 is 11.8. The van der Waals surface area contributed by atoms with Crippen LogP contribution in [0.25, 0.3) is 0 Å². The van der Waals surface area contributed by atoms with E-state index in [4.69, 9.17) is 0 Å². The number of hydrogen-bond donors (Lipinski definition) is 0. The fourth-order valence-corrected chi connectivity index (χ4v) is 3.41. The number of halogens is 2. The molecular weight excluding hydrogens is 218 g/mol. The second-order valence-electron chi connectivity index (χ2n) is 3.37. The first-order chi connectivity index (χ1) is 3.41. The van der Waals surface area contributed by atoms with Crippen molar-refractivity contribution in [2.75, 3.05) is 0 Å². The molecule has 0 heterocycles. The molecule has 0 unspecified atom stereocenters. The highest BCUT2D eigenvalue weighted by Crippen LogP contribution is 2.54. The maximum Gasteiger partial charge on any atom is 0.162 e. The number of rotatable bonds is 0. The van der Waals surface area contributed by atoms with Gasteiger partial charge < -0.3 is 0 Å². The first kappa shape index (κ1) is 6.78. The highest BCUT2D eigenvalue weighted by Gasteiger charge is 2.47. The van der Waals surface area contributed by atoms with Gasteiger partial charge in [0, 0.05) is 0 Å². The molecule has 48 valence electrons. The molecule has 2 heteroatoms. The summed E-state index contributed by atoms with van der Waals surface area (Å²) in [5, 5.41) is 0. The maximum atomic E-state index is 12.7. The van der Waals surface area contributed by atoms with Crippen LogP contribution < -0.4 is 0 Å². The van der Waals surface area contributed by atoms with E-state index in [-0.39, 0.29) is 5.41 Å². The van der Waals surface area contributed by atoms with Gasteiger partial charge in [-0.3, -0.25) is 0 Å². The van der Waals surface area contributed by atoms with E-state index in [0.29, 0.717) is 0 Å². The number of alkyl halides is 2. The smallest absolute Gasteiger partial charge is 0.162 e. The van der Waals surface area contributed by atoms with Gasteiger partial charge in [0.15, 0.2) is 3.68 Å². The lowest BCUT2D eigenvalue weighted by Crippen LogP contribution is -2.40. The molecule has 0 saturated heterocycles. The van der Waals surface area contributed by atoms with Crippen molar-refractivity contribution < 1.29 is 4.39 Å². The standard InChI is InChI=1S/C6H10FI/c1-5(2)3-6(7,8)4-5/h3-4H2,1-2H3. The van der Waals surface area contributed by atoms with Crippen LogP contribution in [0.2, 0.25) is 0 Å². The van der Waals surface area contributed by atoms with Gasteiger partial charge >= 0.3 is 0 Å². The monoisotopic (exact) mass is 228 g/mol. The molecule has 1 saturated carbocycles. The molecule has 1 aliphatic rings. The second-order valence-corrected chi connectivity index (χ2v) is 5.31. The largest absolute Gasteiger partial charge is 0.232 e. The van der Waals surface area contributed by atoms with Crippen LogP contribution in [-0.2, 0) is 0 Å². The topological polar surface area (TPSA) is 0 Å². The van der Waals surface area contributed by atoms with Crippen LogP contribution in [0.5, 0.6) is 0 Å². The highest BCUT2D eigenvalue weighted by atomic mass is 127. The summed E-state index contributed by atoms with van der Waals surface area (Å²) in [6.45, 7) is 4.20. The van der Waals surface area contributed by atoms with Crippen LogP contribution >= 0.6 is 22.6 Å². The van der Waals surface area contributed by atoms with Crippen LogP contribution in [0.4, 0.5) is 4.39 Å². The van der Waals surface area contributed by atoms with Gasteiger partial charge in [-0.2, -0.15) is 0 Å². The minimum atomic E-state index is -0.874. The van der Waals surface area contributed by atoms with E-state index >= 15 is 0 Å². The molecule has 0 radical (unpaired) electrons. The molecule has 1 fully saturated rings. The number of hydrogen-bond acceptors (Lipinski definition) is 0. The molecule has 0 spiro atoms. The Hall–Kier alpha value is 0.660. The van der Waals surface area contributed by atoms with Crippen LogP contribution in [0.15, 0.2) is 0 Å². The summed E-state index contributed by atoms with van der Waals surface area (Å²) in [5.74, 6) is 0. The Bertz CT molecular complexity index is 85.1. The van der Waals surface area contributed by atoms with Gasteiger partial charge in [-0.15, -0.1) is 0 Å². The Morgan fingerprint density at radius 3 is 1.75 bits per heavy atom. The molecule has 0 atom stereocenters. The first-order valence-corrected chi connectivity index (χ1v) is 3.87. The molecule has 0 amide bonds. The molecular formula is C6H10FI. The zero-order chi connectivity index (χ0) is 6.41. The van der Waals surface area contributed by atoms with Gasteiger partial charge in [0.25, 0.3) is 0 Å². The van der Waals surface area contributed by atoms with E-state index in [9.17, 15) is 4.39 Å². The molecule has 0 aliphatic heterocycles. The third-order valence-electron chi connectivity index (χ3n) is 1.47. The summed E-state index contributed by atoms with van der Waals surface area (Å²) in [6, 6.07) is 0. The van der Waals surface area contributed by atoms with Crippen molar-refractivity contribution in [3.05, 3.63) is 0 Å². The summed E-state index contributed by atoms with van der Waals surface area (Å²) in [5.41, 5.74) is 0.274. The Balaban J connectivity index is 2.42. The predicted molar refractivity (Wildman–Crippen MR) is 40.9 cm³/mol. The molecule has 8 heavy (non-hydrogen) atoms. The third kappa shape index (κ3) is 1.33. The van der Waals surface area contributed by atoms with Crippen molar-refractivity contribution in [1.82, 2.24) is 0 Å². The van der Waals surface area contributed by atoms with E-state index in [1.165, 1.54) is 0 Å². The summed E-state index contributed by atoms with van der Waals surface area (Å²) in [7, 11) is 0. The van der Waals surface area contributed by atoms with Gasteiger partial charge in [0.05, 0.1) is 0 Å². The molecule has 0 aromatic heterocycles. The molecule has 0 bridgehead atoms. The maximum absolute atomic E-state index is 12.7. The Labute approximate surface area is 63.0 Å². The summed E-state index contributed by atoms with van der Waals surface area (Å²) >= 11 is 1.89. The minimum absolute atomic E-state index is 0.274. The fraction of sp³-hybridized carbons (Fsp3) is 1.00. The first-order valence-electron chi connectivity index (χ1n) is 2.79. The zero-order valence-corrected chi connectivity index (χ0v) is 7.33. The lowest BCUT2D eigenvalue weighted by Gasteiger charge is -2.44. The quantitative estimate of drug-likeness (QED) is 0.441. The van der Waals surface area contributed by atoms with Crippen molar-refractivity contribution in [2.24, 2.45) is 5.41 Å². The van der Waals surface area contributed by atoms with Crippen molar-refractivity contribution in [3.8, 4) is 0 Å². The third-order valence-corrected chi connectivity index (χ3v) is 2.24. The molecule has 0 nitrogen and oxygen atoms in total. The normalized spacial score (nSPS) is 31.5. The average Bonchev–Trinajstić information content (AvgIpc) is 1.20. The van der Waals surface area contributed by atoms with Crippen molar-refractivity contribution >= 4 is 22.6 Å². The highest BCUT2D eigenvalue weighted by molar-refractivity contribution is 14.1. The molecule has 0 N–H and O–H groups in total. The van der Waals surface area contributed by atoms with Crippen LogP contribution in [0, 0.1) is 5.41 Å². The lowest BCUT2D eigenvalue weighted by molar-refractivity contribution is 0.0446. The van der Waals surface area contributed by atoms with E-state index in [1.54, 1.807) is 0 Å². The van der Waals surface area contributed by atoms with Gasteiger partial charge in [-0.1, -0.05) is 13.8 Å². The lowest BCUT2D eigenvalue weighted by atomic mass is 9.71. The molecule has 0 aromatic carbocycles. The molecule has 1 rings (SSSR count). The summed E-state index contributed by atoms with van der Waals surface area (Å²) in [4.78, 5) is 0. The minimum Gasteiger partial charge on any atom is -0.232 e. The van der Waals surface area contributed by atoms with Crippen LogP contribution in [-0.4, -0.2) is 3.68 Å². The van der Waals surface area contributed by atoms with E-state index in [0.717, 1.165) is 12.8 Å². The summed E-state index contributed by atoms with van der Waals surface area (Å²) in [6.07, 6.45) is 1.45. The second kappa shape index (κ2) is 1.58. The van der Waals surface area contributed by atoms with E-state index < -0.39 is 3.68 Å². The fourth-order valence-electron chi connectivity index (χ4n) is 1.35. The molecule has 1 aliphatic carbocycles. The van der Waals surface area contributed by atoms with Gasteiger partial charge in [-0.05, 0) is 40.8 Å². The van der Waals surface area contributed by atoms with Crippen molar-refractivity contribution in [2.45, 2.75) is 30.4 Å². The van der Waals surface area contributed by atoms with Gasteiger partial charge in [0.2, 0.25) is 0 Å². The average molecular weight is 228 g/mol. The van der Waals surface area contributed by atoms with Gasteiger partial charge in [0.1, 0.15) is 0 Å². The SMILES string of the molecule is CC1(C)CC(F)(I)C1. The van der Waals surface area contributed by atoms with E-state index in [2.05, 4.69) is 13.8 Å². The van der Waals surface area contributed by atoms with Crippen LogP contribution in [0.1, 0.15) is 26.7 Å². The van der Waals surface area contributed by atoms with Gasteiger partial charge in [-0.25, -0.2) is 4.39 Å².